The van der Waals surface area contributed by atoms with Gasteiger partial charge in [0.2, 0.25) is 0 Å². The second kappa shape index (κ2) is 4.63. The molecule has 0 aromatic heterocycles. The summed E-state index contributed by atoms with van der Waals surface area (Å²) in [5, 5.41) is 0. The molecule has 0 heterocycles. The first-order valence-corrected chi connectivity index (χ1v) is 4.00. The molecule has 1 rings (SSSR count). The Labute approximate surface area is 77.2 Å². The van der Waals surface area contributed by atoms with Crippen LogP contribution in [0.15, 0.2) is 29.2 Å². The quantitative estimate of drug-likeness (QED) is 0.393. The SMILES string of the molecule is O=CCC#Cc1ccccc1S. The highest BCUT2D eigenvalue weighted by molar-refractivity contribution is 7.80. The van der Waals surface area contributed by atoms with E-state index in [-0.39, 0.29) is 6.42 Å². The number of carbonyl (C=O) groups excluding carboxylic acids is 1. The molecule has 0 fully saturated rings. The molecular weight excluding hydrogens is 168 g/mol. The highest BCUT2D eigenvalue weighted by Gasteiger charge is 1.90. The predicted octanol–water partition coefficient (Wildman–Crippen LogP) is 1.92. The summed E-state index contributed by atoms with van der Waals surface area (Å²) >= 11 is 4.21. The lowest BCUT2D eigenvalue weighted by molar-refractivity contribution is -0.107. The van der Waals surface area contributed by atoms with Crippen molar-refractivity contribution in [3.8, 4) is 11.8 Å². The molecule has 0 spiro atoms. The topological polar surface area (TPSA) is 17.1 Å². The molecule has 0 saturated heterocycles. The number of rotatable bonds is 1. The number of thiol groups is 1. The fourth-order valence-electron chi connectivity index (χ4n) is 0.767. The first-order valence-electron chi connectivity index (χ1n) is 3.55. The molecule has 1 nitrogen and oxygen atoms in total. The molecule has 0 amide bonds. The van der Waals surface area contributed by atoms with Crippen molar-refractivity contribution in [3.63, 3.8) is 0 Å². The highest BCUT2D eigenvalue weighted by atomic mass is 32.1. The molecule has 0 aliphatic heterocycles. The molecule has 0 aliphatic rings. The number of benzene rings is 1. The van der Waals surface area contributed by atoms with E-state index >= 15 is 0 Å². The number of carbonyl (C=O) groups is 1. The molecular formula is C10H8OS. The van der Waals surface area contributed by atoms with Crippen molar-refractivity contribution in [2.45, 2.75) is 11.3 Å². The standard InChI is InChI=1S/C10H8OS/c11-8-4-3-6-9-5-1-2-7-10(9)12/h1-2,5,7-8,12H,4H2. The smallest absolute Gasteiger partial charge is 0.131 e. The van der Waals surface area contributed by atoms with Crippen LogP contribution in [0.1, 0.15) is 12.0 Å². The van der Waals surface area contributed by atoms with Gasteiger partial charge in [-0.15, -0.1) is 12.6 Å². The average molecular weight is 176 g/mol. The molecule has 0 aliphatic carbocycles. The summed E-state index contributed by atoms with van der Waals surface area (Å²) in [6.07, 6.45) is 1.07. The van der Waals surface area contributed by atoms with Crippen LogP contribution in [-0.4, -0.2) is 6.29 Å². The zero-order valence-electron chi connectivity index (χ0n) is 6.45. The molecule has 12 heavy (non-hydrogen) atoms. The molecule has 0 atom stereocenters. The molecule has 0 unspecified atom stereocenters. The van der Waals surface area contributed by atoms with Gasteiger partial charge < -0.3 is 4.79 Å². The minimum absolute atomic E-state index is 0.280. The van der Waals surface area contributed by atoms with Gasteiger partial charge in [-0.3, -0.25) is 0 Å². The monoisotopic (exact) mass is 176 g/mol. The lowest BCUT2D eigenvalue weighted by Crippen LogP contribution is -1.76. The zero-order valence-corrected chi connectivity index (χ0v) is 7.34. The first-order chi connectivity index (χ1) is 5.84. The maximum Gasteiger partial charge on any atom is 0.131 e. The van der Waals surface area contributed by atoms with Crippen LogP contribution in [-0.2, 0) is 4.79 Å². The van der Waals surface area contributed by atoms with Gasteiger partial charge in [0.15, 0.2) is 0 Å². The Kier molecular flexibility index (Phi) is 3.43. The van der Waals surface area contributed by atoms with Gasteiger partial charge in [-0.2, -0.15) is 0 Å². The Morgan fingerprint density at radius 1 is 1.42 bits per heavy atom. The van der Waals surface area contributed by atoms with Crippen molar-refractivity contribution in [2.75, 3.05) is 0 Å². The van der Waals surface area contributed by atoms with Crippen molar-refractivity contribution >= 4 is 18.9 Å². The third-order valence-corrected chi connectivity index (χ3v) is 1.70. The maximum atomic E-state index is 9.96. The van der Waals surface area contributed by atoms with E-state index in [4.69, 9.17) is 0 Å². The van der Waals surface area contributed by atoms with Crippen molar-refractivity contribution in [2.24, 2.45) is 0 Å². The van der Waals surface area contributed by atoms with Gasteiger partial charge in [-0.05, 0) is 12.1 Å². The van der Waals surface area contributed by atoms with Gasteiger partial charge in [0, 0.05) is 10.5 Å². The summed E-state index contributed by atoms with van der Waals surface area (Å²) in [5.41, 5.74) is 0.864. The molecule has 0 bridgehead atoms. The first kappa shape index (κ1) is 8.89. The molecule has 0 saturated carbocycles. The van der Waals surface area contributed by atoms with Crippen LogP contribution in [0.5, 0.6) is 0 Å². The van der Waals surface area contributed by atoms with Gasteiger partial charge in [0.25, 0.3) is 0 Å². The van der Waals surface area contributed by atoms with Crippen LogP contribution in [0.2, 0.25) is 0 Å². The zero-order chi connectivity index (χ0) is 8.81. The second-order valence-electron chi connectivity index (χ2n) is 2.19. The molecule has 1 aromatic carbocycles. The Hall–Kier alpha value is -1.20. The normalized spacial score (nSPS) is 8.42. The lowest BCUT2D eigenvalue weighted by atomic mass is 10.2. The van der Waals surface area contributed by atoms with Gasteiger partial charge in [0.05, 0.1) is 6.42 Å². The third-order valence-electron chi connectivity index (χ3n) is 1.31. The van der Waals surface area contributed by atoms with E-state index in [9.17, 15) is 4.79 Å². The summed E-state index contributed by atoms with van der Waals surface area (Å²) in [5.74, 6) is 5.58. The van der Waals surface area contributed by atoms with Crippen LogP contribution >= 0.6 is 12.6 Å². The van der Waals surface area contributed by atoms with Gasteiger partial charge in [-0.25, -0.2) is 0 Å². The summed E-state index contributed by atoms with van der Waals surface area (Å²) in [6.45, 7) is 0. The largest absolute Gasteiger partial charge is 0.302 e. The third kappa shape index (κ3) is 2.44. The highest BCUT2D eigenvalue weighted by Crippen LogP contribution is 2.10. The lowest BCUT2D eigenvalue weighted by Gasteiger charge is -1.92. The van der Waals surface area contributed by atoms with Crippen molar-refractivity contribution < 1.29 is 4.79 Å². The van der Waals surface area contributed by atoms with Gasteiger partial charge in [0.1, 0.15) is 6.29 Å². The van der Waals surface area contributed by atoms with Crippen LogP contribution in [0, 0.1) is 11.8 Å². The van der Waals surface area contributed by atoms with Crippen molar-refractivity contribution in [1.82, 2.24) is 0 Å². The minimum Gasteiger partial charge on any atom is -0.302 e. The molecule has 0 N–H and O–H groups in total. The summed E-state index contributed by atoms with van der Waals surface area (Å²) in [4.78, 5) is 10.8. The Morgan fingerprint density at radius 3 is 2.83 bits per heavy atom. The summed E-state index contributed by atoms with van der Waals surface area (Å²) in [6, 6.07) is 7.53. The van der Waals surface area contributed by atoms with E-state index < -0.39 is 0 Å². The van der Waals surface area contributed by atoms with E-state index in [0.717, 1.165) is 16.7 Å². The van der Waals surface area contributed by atoms with Crippen LogP contribution in [0.25, 0.3) is 0 Å². The van der Waals surface area contributed by atoms with E-state index in [1.165, 1.54) is 0 Å². The van der Waals surface area contributed by atoms with Crippen molar-refractivity contribution in [3.05, 3.63) is 29.8 Å². The number of hydrogen-bond acceptors (Lipinski definition) is 2. The van der Waals surface area contributed by atoms with Gasteiger partial charge in [-0.1, -0.05) is 24.0 Å². The molecule has 60 valence electrons. The molecule has 2 heteroatoms. The number of hydrogen-bond donors (Lipinski definition) is 1. The Morgan fingerprint density at radius 2 is 2.17 bits per heavy atom. The molecule has 0 radical (unpaired) electrons. The second-order valence-corrected chi connectivity index (χ2v) is 2.67. The average Bonchev–Trinajstić information content (AvgIpc) is 2.09. The van der Waals surface area contributed by atoms with Crippen molar-refractivity contribution in [1.29, 1.82) is 0 Å². The number of aldehydes is 1. The van der Waals surface area contributed by atoms with E-state index in [2.05, 4.69) is 24.5 Å². The predicted molar refractivity (Wildman–Crippen MR) is 51.3 cm³/mol. The fraction of sp³-hybridized carbons (Fsp3) is 0.100. The molecule has 1 aromatic rings. The van der Waals surface area contributed by atoms with E-state index in [0.29, 0.717) is 0 Å². The van der Waals surface area contributed by atoms with E-state index in [1.54, 1.807) is 0 Å². The minimum atomic E-state index is 0.280. The Balaban J connectivity index is 2.84. The van der Waals surface area contributed by atoms with E-state index in [1.807, 2.05) is 24.3 Å². The van der Waals surface area contributed by atoms with Gasteiger partial charge >= 0.3 is 0 Å². The summed E-state index contributed by atoms with van der Waals surface area (Å²) < 4.78 is 0. The maximum absolute atomic E-state index is 9.96. The van der Waals surface area contributed by atoms with Crippen LogP contribution < -0.4 is 0 Å². The Bertz CT molecular complexity index is 333. The van der Waals surface area contributed by atoms with Crippen LogP contribution in [0.3, 0.4) is 0 Å². The fourth-order valence-corrected chi connectivity index (χ4v) is 0.984. The summed E-state index contributed by atoms with van der Waals surface area (Å²) in [7, 11) is 0. The van der Waals surface area contributed by atoms with Crippen LogP contribution in [0.4, 0.5) is 0 Å².